The average molecular weight is 368 g/mol. The van der Waals surface area contributed by atoms with Gasteiger partial charge in [0, 0.05) is 43.4 Å². The molecule has 8 heteroatoms. The maximum atomic E-state index is 12.3. The van der Waals surface area contributed by atoms with Crippen molar-refractivity contribution < 1.29 is 14.5 Å². The second kappa shape index (κ2) is 8.31. The topological polar surface area (TPSA) is 105 Å². The molecule has 0 spiro atoms. The molecule has 0 bridgehead atoms. The minimum Gasteiger partial charge on any atom is -0.378 e. The molecule has 2 N–H and O–H groups in total. The molecule has 0 radical (unpaired) electrons. The molecule has 1 fully saturated rings. The van der Waals surface area contributed by atoms with Crippen molar-refractivity contribution in [1.82, 2.24) is 5.32 Å². The smallest absolute Gasteiger partial charge is 0.292 e. The predicted octanol–water partition coefficient (Wildman–Crippen LogP) is 2.56. The standard InChI is InChI=1S/C19H20N4O4/c24-18-9-4-12-22(18)15-6-3-5-14(13-15)19(25)21-11-10-20-16-7-1-2-8-17(16)23(26)27/h1-3,5-8,13,20H,4,9-12H2,(H,21,25). The van der Waals surface area contributed by atoms with Crippen molar-refractivity contribution in [2.75, 3.05) is 29.9 Å². The van der Waals surface area contributed by atoms with Gasteiger partial charge >= 0.3 is 0 Å². The highest BCUT2D eigenvalue weighted by Gasteiger charge is 2.22. The summed E-state index contributed by atoms with van der Waals surface area (Å²) in [7, 11) is 0. The Balaban J connectivity index is 1.54. The molecule has 2 aromatic carbocycles. The minimum absolute atomic E-state index is 0.00759. The number of rotatable bonds is 7. The first-order valence-corrected chi connectivity index (χ1v) is 8.72. The lowest BCUT2D eigenvalue weighted by Crippen LogP contribution is -2.29. The maximum absolute atomic E-state index is 12.3. The lowest BCUT2D eigenvalue weighted by atomic mass is 10.1. The van der Waals surface area contributed by atoms with E-state index in [-0.39, 0.29) is 17.5 Å². The quantitative estimate of drug-likeness (QED) is 0.444. The van der Waals surface area contributed by atoms with Crippen LogP contribution in [0.1, 0.15) is 23.2 Å². The second-order valence-electron chi connectivity index (χ2n) is 6.16. The Morgan fingerprint density at radius 3 is 2.70 bits per heavy atom. The highest BCUT2D eigenvalue weighted by atomic mass is 16.6. The molecule has 1 aliphatic heterocycles. The van der Waals surface area contributed by atoms with Crippen molar-refractivity contribution in [2.24, 2.45) is 0 Å². The zero-order valence-corrected chi connectivity index (χ0v) is 14.7. The van der Waals surface area contributed by atoms with Crippen LogP contribution in [0.4, 0.5) is 17.1 Å². The SMILES string of the molecule is O=C(NCCNc1ccccc1[N+](=O)[O-])c1cccc(N2CCCC2=O)c1. The molecule has 0 saturated carbocycles. The summed E-state index contributed by atoms with van der Waals surface area (Å²) >= 11 is 0. The summed E-state index contributed by atoms with van der Waals surface area (Å²) in [6, 6.07) is 13.3. The molecule has 27 heavy (non-hydrogen) atoms. The second-order valence-corrected chi connectivity index (χ2v) is 6.16. The minimum atomic E-state index is -0.452. The third-order valence-electron chi connectivity index (χ3n) is 4.32. The Kier molecular flexibility index (Phi) is 5.65. The number of nitro benzene ring substituents is 1. The van der Waals surface area contributed by atoms with Gasteiger partial charge in [0.25, 0.3) is 11.6 Å². The summed E-state index contributed by atoms with van der Waals surface area (Å²) in [6.07, 6.45) is 1.36. The maximum Gasteiger partial charge on any atom is 0.292 e. The van der Waals surface area contributed by atoms with Crippen LogP contribution in [-0.2, 0) is 4.79 Å². The largest absolute Gasteiger partial charge is 0.378 e. The van der Waals surface area contributed by atoms with E-state index in [4.69, 9.17) is 0 Å². The Hall–Kier alpha value is -3.42. The molecule has 0 unspecified atom stereocenters. The van der Waals surface area contributed by atoms with Crippen molar-refractivity contribution in [2.45, 2.75) is 12.8 Å². The molecule has 2 amide bonds. The van der Waals surface area contributed by atoms with E-state index >= 15 is 0 Å². The van der Waals surface area contributed by atoms with E-state index in [9.17, 15) is 19.7 Å². The third kappa shape index (κ3) is 4.41. The number of nitro groups is 1. The van der Waals surface area contributed by atoms with Gasteiger partial charge in [0.2, 0.25) is 5.91 Å². The third-order valence-corrected chi connectivity index (χ3v) is 4.32. The van der Waals surface area contributed by atoms with Gasteiger partial charge in [-0.3, -0.25) is 19.7 Å². The van der Waals surface area contributed by atoms with E-state index < -0.39 is 4.92 Å². The summed E-state index contributed by atoms with van der Waals surface area (Å²) in [5, 5.41) is 16.7. The van der Waals surface area contributed by atoms with Gasteiger partial charge in [-0.05, 0) is 30.7 Å². The molecule has 0 atom stereocenters. The highest BCUT2D eigenvalue weighted by molar-refractivity contribution is 5.99. The zero-order valence-electron chi connectivity index (χ0n) is 14.7. The Bertz CT molecular complexity index is 868. The van der Waals surface area contributed by atoms with Gasteiger partial charge in [-0.1, -0.05) is 18.2 Å². The van der Waals surface area contributed by atoms with Crippen molar-refractivity contribution in [3.8, 4) is 0 Å². The molecule has 3 rings (SSSR count). The van der Waals surface area contributed by atoms with Crippen LogP contribution in [0.5, 0.6) is 0 Å². The molecular weight excluding hydrogens is 348 g/mol. The fourth-order valence-electron chi connectivity index (χ4n) is 2.99. The molecule has 2 aromatic rings. The van der Waals surface area contributed by atoms with Crippen molar-refractivity contribution in [3.05, 3.63) is 64.2 Å². The van der Waals surface area contributed by atoms with Gasteiger partial charge in [0.15, 0.2) is 0 Å². The summed E-state index contributed by atoms with van der Waals surface area (Å²) in [4.78, 5) is 36.4. The lowest BCUT2D eigenvalue weighted by molar-refractivity contribution is -0.384. The van der Waals surface area contributed by atoms with Crippen molar-refractivity contribution >= 4 is 28.9 Å². The summed E-state index contributed by atoms with van der Waals surface area (Å²) in [6.45, 7) is 1.32. The average Bonchev–Trinajstić information content (AvgIpc) is 3.11. The Morgan fingerprint density at radius 2 is 1.96 bits per heavy atom. The van der Waals surface area contributed by atoms with E-state index in [1.54, 1.807) is 41.3 Å². The fraction of sp³-hybridized carbons (Fsp3) is 0.263. The van der Waals surface area contributed by atoms with E-state index in [1.807, 2.05) is 6.07 Å². The van der Waals surface area contributed by atoms with E-state index in [0.29, 0.717) is 37.3 Å². The molecule has 0 aromatic heterocycles. The monoisotopic (exact) mass is 368 g/mol. The predicted molar refractivity (Wildman–Crippen MR) is 102 cm³/mol. The van der Waals surface area contributed by atoms with Crippen molar-refractivity contribution in [3.63, 3.8) is 0 Å². The first-order valence-electron chi connectivity index (χ1n) is 8.72. The molecular formula is C19H20N4O4. The van der Waals surface area contributed by atoms with Gasteiger partial charge in [0.1, 0.15) is 5.69 Å². The lowest BCUT2D eigenvalue weighted by Gasteiger charge is -2.16. The van der Waals surface area contributed by atoms with E-state index in [0.717, 1.165) is 12.1 Å². The van der Waals surface area contributed by atoms with Gasteiger partial charge in [-0.25, -0.2) is 0 Å². The fourth-order valence-corrected chi connectivity index (χ4v) is 2.99. The number of benzene rings is 2. The van der Waals surface area contributed by atoms with Crippen LogP contribution < -0.4 is 15.5 Å². The Labute approximate surface area is 156 Å². The molecule has 0 aliphatic carbocycles. The van der Waals surface area contributed by atoms with Crippen LogP contribution >= 0.6 is 0 Å². The van der Waals surface area contributed by atoms with Gasteiger partial charge in [-0.2, -0.15) is 0 Å². The number of hydrogen-bond acceptors (Lipinski definition) is 5. The number of carbonyl (C=O) groups is 2. The number of hydrogen-bond donors (Lipinski definition) is 2. The van der Waals surface area contributed by atoms with Crippen LogP contribution in [-0.4, -0.2) is 36.4 Å². The number of para-hydroxylation sites is 2. The number of nitrogens with one attached hydrogen (secondary N) is 2. The van der Waals surface area contributed by atoms with Gasteiger partial charge in [-0.15, -0.1) is 0 Å². The summed E-state index contributed by atoms with van der Waals surface area (Å²) in [5.41, 5.74) is 1.60. The normalized spacial score (nSPS) is 13.5. The highest BCUT2D eigenvalue weighted by Crippen LogP contribution is 2.23. The van der Waals surface area contributed by atoms with Crippen LogP contribution in [0.15, 0.2) is 48.5 Å². The van der Waals surface area contributed by atoms with Gasteiger partial charge < -0.3 is 15.5 Å². The van der Waals surface area contributed by atoms with Crippen molar-refractivity contribution in [1.29, 1.82) is 0 Å². The van der Waals surface area contributed by atoms with Gasteiger partial charge in [0.05, 0.1) is 4.92 Å². The van der Waals surface area contributed by atoms with Crippen LogP contribution in [0.3, 0.4) is 0 Å². The number of anilines is 2. The van der Waals surface area contributed by atoms with E-state index in [1.165, 1.54) is 6.07 Å². The summed E-state index contributed by atoms with van der Waals surface area (Å²) in [5.74, 6) is -0.186. The number of carbonyl (C=O) groups excluding carboxylic acids is 2. The molecule has 1 heterocycles. The first-order chi connectivity index (χ1) is 13.1. The van der Waals surface area contributed by atoms with E-state index in [2.05, 4.69) is 10.6 Å². The number of nitrogens with zero attached hydrogens (tertiary/aromatic N) is 2. The molecule has 1 aliphatic rings. The molecule has 1 saturated heterocycles. The number of amides is 2. The first kappa shape index (κ1) is 18.4. The molecule has 140 valence electrons. The summed E-state index contributed by atoms with van der Waals surface area (Å²) < 4.78 is 0. The molecule has 8 nitrogen and oxygen atoms in total. The Morgan fingerprint density at radius 1 is 1.15 bits per heavy atom. The van der Waals surface area contributed by atoms with Crippen LogP contribution in [0.25, 0.3) is 0 Å². The van der Waals surface area contributed by atoms with Crippen LogP contribution in [0, 0.1) is 10.1 Å². The van der Waals surface area contributed by atoms with Crippen LogP contribution in [0.2, 0.25) is 0 Å². The zero-order chi connectivity index (χ0) is 19.2.